The number of nitrogens with one attached hydrogen (secondary N) is 2. The van der Waals surface area contributed by atoms with E-state index in [2.05, 4.69) is 32.3 Å². The summed E-state index contributed by atoms with van der Waals surface area (Å²) in [4.78, 5) is 11.7. The minimum Gasteiger partial charge on any atom is -0.497 e. The summed E-state index contributed by atoms with van der Waals surface area (Å²) in [6, 6.07) is 5.51. The monoisotopic (exact) mass is 400 g/mol. The van der Waals surface area contributed by atoms with Crippen molar-refractivity contribution in [2.75, 3.05) is 38.7 Å². The van der Waals surface area contributed by atoms with Gasteiger partial charge in [0, 0.05) is 30.2 Å². The van der Waals surface area contributed by atoms with Crippen molar-refractivity contribution < 1.29 is 4.74 Å². The van der Waals surface area contributed by atoms with Crippen molar-refractivity contribution in [3.05, 3.63) is 29.4 Å². The van der Waals surface area contributed by atoms with Gasteiger partial charge < -0.3 is 15.0 Å². The Bertz CT molecular complexity index is 980. The molecule has 1 fully saturated rings. The molecule has 2 aromatic heterocycles. The van der Waals surface area contributed by atoms with Crippen LogP contribution in [0.2, 0.25) is 5.02 Å². The number of halogens is 1. The number of ether oxygens (including phenoxy) is 1. The number of aromatic nitrogens is 4. The molecule has 3 heterocycles. The van der Waals surface area contributed by atoms with Crippen LogP contribution in [-0.2, 0) is 0 Å². The molecule has 28 heavy (non-hydrogen) atoms. The Balaban J connectivity index is 1.60. The molecule has 3 aromatic rings. The Morgan fingerprint density at radius 3 is 2.79 bits per heavy atom. The molecule has 4 rings (SSSR count). The number of fused-ring (bicyclic) bond motifs is 1. The maximum Gasteiger partial charge on any atom is 0.177 e. The van der Waals surface area contributed by atoms with E-state index in [1.54, 1.807) is 13.2 Å². The summed E-state index contributed by atoms with van der Waals surface area (Å²) < 4.78 is 5.31. The lowest BCUT2D eigenvalue weighted by atomic mass is 9.80. The highest BCUT2D eigenvalue weighted by Crippen LogP contribution is 2.33. The van der Waals surface area contributed by atoms with Gasteiger partial charge in [0.15, 0.2) is 5.65 Å². The fraction of sp³-hybridized carbons (Fsp3) is 0.450. The second-order valence-corrected chi connectivity index (χ2v) is 8.14. The maximum absolute atomic E-state index is 6.20. The van der Waals surface area contributed by atoms with Crippen molar-refractivity contribution in [2.24, 2.45) is 5.41 Å². The standard InChI is InChI=1S/C20H25ClN6O/c1-20(12-22-2)4-6-27(7-5-20)16-11-23-18-17(25-26-19(18)24-16)13-8-14(21)10-15(9-13)28-3/h8-11,22H,4-7,12H2,1-3H3,(H,24,25,26). The molecule has 7 nitrogen and oxygen atoms in total. The smallest absolute Gasteiger partial charge is 0.177 e. The first kappa shape index (κ1) is 19.0. The van der Waals surface area contributed by atoms with Crippen molar-refractivity contribution in [1.82, 2.24) is 25.5 Å². The number of piperidine rings is 1. The van der Waals surface area contributed by atoms with Crippen LogP contribution in [0.3, 0.4) is 0 Å². The molecule has 0 radical (unpaired) electrons. The van der Waals surface area contributed by atoms with Crippen LogP contribution in [0.5, 0.6) is 5.75 Å². The molecule has 0 aliphatic carbocycles. The topological polar surface area (TPSA) is 79.0 Å². The van der Waals surface area contributed by atoms with E-state index in [-0.39, 0.29) is 0 Å². The minimum absolute atomic E-state index is 0.343. The van der Waals surface area contributed by atoms with Gasteiger partial charge in [0.05, 0.1) is 13.3 Å². The number of hydrogen-bond donors (Lipinski definition) is 2. The molecule has 0 saturated carbocycles. The predicted octanol–water partition coefficient (Wildman–Crippen LogP) is 3.51. The third-order valence-electron chi connectivity index (χ3n) is 5.54. The van der Waals surface area contributed by atoms with Crippen LogP contribution in [0.4, 0.5) is 5.82 Å². The number of nitrogens with zero attached hydrogens (tertiary/aromatic N) is 4. The van der Waals surface area contributed by atoms with Crippen LogP contribution < -0.4 is 15.0 Å². The third-order valence-corrected chi connectivity index (χ3v) is 5.75. The van der Waals surface area contributed by atoms with E-state index < -0.39 is 0 Å². The van der Waals surface area contributed by atoms with Gasteiger partial charge in [-0.05, 0) is 43.5 Å². The molecule has 148 valence electrons. The van der Waals surface area contributed by atoms with Crippen molar-refractivity contribution in [1.29, 1.82) is 0 Å². The third kappa shape index (κ3) is 3.64. The van der Waals surface area contributed by atoms with Gasteiger partial charge in [0.1, 0.15) is 22.8 Å². The average molecular weight is 401 g/mol. The van der Waals surface area contributed by atoms with Crippen LogP contribution in [0.15, 0.2) is 24.4 Å². The highest BCUT2D eigenvalue weighted by Gasteiger charge is 2.30. The van der Waals surface area contributed by atoms with Crippen LogP contribution in [0.25, 0.3) is 22.4 Å². The summed E-state index contributed by atoms with van der Waals surface area (Å²) >= 11 is 6.20. The molecule has 1 saturated heterocycles. The van der Waals surface area contributed by atoms with Crippen LogP contribution >= 0.6 is 11.6 Å². The normalized spacial score (nSPS) is 16.5. The van der Waals surface area contributed by atoms with Gasteiger partial charge in [-0.3, -0.25) is 5.10 Å². The second-order valence-electron chi connectivity index (χ2n) is 7.71. The minimum atomic E-state index is 0.343. The summed E-state index contributed by atoms with van der Waals surface area (Å²) in [5, 5.41) is 11.3. The van der Waals surface area contributed by atoms with Crippen molar-refractivity contribution in [3.63, 3.8) is 0 Å². The number of anilines is 1. The van der Waals surface area contributed by atoms with Crippen LogP contribution in [0, 0.1) is 5.41 Å². The van der Waals surface area contributed by atoms with Crippen molar-refractivity contribution in [2.45, 2.75) is 19.8 Å². The van der Waals surface area contributed by atoms with Crippen molar-refractivity contribution in [3.8, 4) is 17.0 Å². The molecule has 1 aliphatic heterocycles. The van der Waals surface area contributed by atoms with Gasteiger partial charge in [-0.25, -0.2) is 9.97 Å². The zero-order chi connectivity index (χ0) is 19.7. The Kier molecular flexibility index (Phi) is 5.12. The molecule has 0 amide bonds. The first-order valence-corrected chi connectivity index (χ1v) is 9.85. The molecular formula is C20H25ClN6O. The molecule has 1 aromatic carbocycles. The van der Waals surface area contributed by atoms with Gasteiger partial charge >= 0.3 is 0 Å². The fourth-order valence-electron chi connectivity index (χ4n) is 3.84. The number of hydrogen-bond acceptors (Lipinski definition) is 6. The van der Waals surface area contributed by atoms with Crippen molar-refractivity contribution >= 4 is 28.6 Å². The highest BCUT2D eigenvalue weighted by molar-refractivity contribution is 6.31. The zero-order valence-electron chi connectivity index (χ0n) is 16.4. The first-order valence-electron chi connectivity index (χ1n) is 9.47. The van der Waals surface area contributed by atoms with Crippen LogP contribution in [0.1, 0.15) is 19.8 Å². The van der Waals surface area contributed by atoms with E-state index in [1.807, 2.05) is 25.4 Å². The van der Waals surface area contributed by atoms with E-state index in [4.69, 9.17) is 21.3 Å². The van der Waals surface area contributed by atoms with Gasteiger partial charge in [0.2, 0.25) is 0 Å². The van der Waals surface area contributed by atoms with E-state index in [1.165, 1.54) is 0 Å². The number of H-pyrrole nitrogens is 1. The van der Waals surface area contributed by atoms with E-state index >= 15 is 0 Å². The molecule has 0 unspecified atom stereocenters. The molecule has 0 spiro atoms. The number of aromatic amines is 1. The van der Waals surface area contributed by atoms with E-state index in [0.717, 1.165) is 55.1 Å². The summed E-state index contributed by atoms with van der Waals surface area (Å²) in [6.45, 7) is 5.34. The van der Waals surface area contributed by atoms with Gasteiger partial charge in [-0.1, -0.05) is 18.5 Å². The lowest BCUT2D eigenvalue weighted by Crippen LogP contribution is -2.43. The van der Waals surface area contributed by atoms with Crippen LogP contribution in [-0.4, -0.2) is 54.0 Å². The average Bonchev–Trinajstić information content (AvgIpc) is 3.11. The number of benzene rings is 1. The van der Waals surface area contributed by atoms with E-state index in [0.29, 0.717) is 21.8 Å². The predicted molar refractivity (Wildman–Crippen MR) is 112 cm³/mol. The first-order chi connectivity index (χ1) is 13.5. The maximum atomic E-state index is 6.20. The Labute approximate surface area is 169 Å². The quantitative estimate of drug-likeness (QED) is 0.682. The lowest BCUT2D eigenvalue weighted by Gasteiger charge is -2.39. The summed E-state index contributed by atoms with van der Waals surface area (Å²) in [7, 11) is 3.63. The molecular weight excluding hydrogens is 376 g/mol. The Morgan fingerprint density at radius 2 is 2.07 bits per heavy atom. The zero-order valence-corrected chi connectivity index (χ0v) is 17.2. The highest BCUT2D eigenvalue weighted by atomic mass is 35.5. The second kappa shape index (κ2) is 7.56. The summed E-state index contributed by atoms with van der Waals surface area (Å²) in [5.41, 5.74) is 3.31. The largest absolute Gasteiger partial charge is 0.497 e. The summed E-state index contributed by atoms with van der Waals surface area (Å²) in [5.74, 6) is 1.57. The fourth-order valence-corrected chi connectivity index (χ4v) is 4.07. The van der Waals surface area contributed by atoms with Gasteiger partial charge in [-0.2, -0.15) is 5.10 Å². The molecule has 1 aliphatic rings. The number of rotatable bonds is 5. The van der Waals surface area contributed by atoms with E-state index in [9.17, 15) is 0 Å². The molecule has 8 heteroatoms. The lowest BCUT2D eigenvalue weighted by molar-refractivity contribution is 0.242. The molecule has 0 bridgehead atoms. The molecule has 2 N–H and O–H groups in total. The SMILES string of the molecule is CNCC1(C)CCN(c2cnc3c(-c4cc(Cl)cc(OC)c4)n[nH]c3n2)CC1. The van der Waals surface area contributed by atoms with Gasteiger partial charge in [-0.15, -0.1) is 0 Å². The number of methoxy groups -OCH3 is 1. The molecule has 0 atom stereocenters. The van der Waals surface area contributed by atoms with Gasteiger partial charge in [0.25, 0.3) is 0 Å². The summed E-state index contributed by atoms with van der Waals surface area (Å²) in [6.07, 6.45) is 4.10. The Hall–Kier alpha value is -2.38. The Morgan fingerprint density at radius 1 is 1.29 bits per heavy atom.